The van der Waals surface area contributed by atoms with Gasteiger partial charge in [-0.25, -0.2) is 9.97 Å². The molecule has 2 rings (SSSR count). The second kappa shape index (κ2) is 4.28. The summed E-state index contributed by atoms with van der Waals surface area (Å²) in [5, 5.41) is 0.294. The molecule has 2 N–H and O–H groups in total. The summed E-state index contributed by atoms with van der Waals surface area (Å²) < 4.78 is 0. The lowest BCUT2D eigenvalue weighted by atomic mass is 9.98. The lowest BCUT2D eigenvalue weighted by Crippen LogP contribution is -2.62. The summed E-state index contributed by atoms with van der Waals surface area (Å²) >= 11 is 6.12. The highest BCUT2D eigenvalue weighted by atomic mass is 35.5. The maximum Gasteiger partial charge on any atom is 0.247 e. The molecule has 0 aromatic carbocycles. The molecule has 0 saturated carbocycles. The van der Waals surface area contributed by atoms with Crippen molar-refractivity contribution >= 4 is 29.1 Å². The van der Waals surface area contributed by atoms with Gasteiger partial charge in [-0.05, 0) is 13.8 Å². The Morgan fingerprint density at radius 3 is 2.72 bits per heavy atom. The summed E-state index contributed by atoms with van der Waals surface area (Å²) in [6.07, 6.45) is 1.36. The molecule has 1 saturated heterocycles. The molecule has 1 aliphatic heterocycles. The minimum Gasteiger partial charge on any atom is -0.382 e. The highest BCUT2D eigenvalue weighted by molar-refractivity contribution is 6.35. The van der Waals surface area contributed by atoms with Gasteiger partial charge in [0.15, 0.2) is 5.82 Å². The Kier molecular flexibility index (Phi) is 3.06. The van der Waals surface area contributed by atoms with E-state index in [9.17, 15) is 4.79 Å². The Morgan fingerprint density at radius 1 is 1.39 bits per heavy atom. The van der Waals surface area contributed by atoms with Gasteiger partial charge in [0.1, 0.15) is 22.7 Å². The van der Waals surface area contributed by atoms with Crippen LogP contribution in [0.2, 0.25) is 5.02 Å². The Morgan fingerprint density at radius 2 is 2.06 bits per heavy atom. The van der Waals surface area contributed by atoms with Crippen LogP contribution in [0.1, 0.15) is 13.8 Å². The van der Waals surface area contributed by atoms with Crippen molar-refractivity contribution in [2.45, 2.75) is 19.4 Å². The molecule has 6 nitrogen and oxygen atoms in total. The molecule has 1 amide bonds. The molecular weight excluding hydrogens is 254 g/mol. The number of hydrogen-bond donors (Lipinski definition) is 1. The topological polar surface area (TPSA) is 75.3 Å². The van der Waals surface area contributed by atoms with Gasteiger partial charge >= 0.3 is 0 Å². The number of carbonyl (C=O) groups is 1. The number of hydrogen-bond acceptors (Lipinski definition) is 5. The van der Waals surface area contributed by atoms with Crippen molar-refractivity contribution in [3.8, 4) is 0 Å². The van der Waals surface area contributed by atoms with Crippen molar-refractivity contribution in [3.05, 3.63) is 11.3 Å². The summed E-state index contributed by atoms with van der Waals surface area (Å²) in [5.41, 5.74) is 4.98. The molecule has 0 atom stereocenters. The number of nitrogens with zero attached hydrogens (tertiary/aromatic N) is 4. The maximum atomic E-state index is 12.2. The van der Waals surface area contributed by atoms with Crippen LogP contribution in [-0.2, 0) is 4.79 Å². The third kappa shape index (κ3) is 1.86. The molecule has 1 aromatic rings. The van der Waals surface area contributed by atoms with Crippen LogP contribution in [0.4, 0.5) is 11.6 Å². The zero-order valence-corrected chi connectivity index (χ0v) is 11.4. The Hall–Kier alpha value is -1.56. The molecule has 98 valence electrons. The summed E-state index contributed by atoms with van der Waals surface area (Å²) in [4.78, 5) is 23.7. The van der Waals surface area contributed by atoms with Crippen molar-refractivity contribution in [2.24, 2.45) is 0 Å². The first-order valence-electron chi connectivity index (χ1n) is 5.65. The van der Waals surface area contributed by atoms with E-state index in [4.69, 9.17) is 17.3 Å². The van der Waals surface area contributed by atoms with Crippen LogP contribution in [0.25, 0.3) is 0 Å². The normalized spacial score (nSPS) is 19.2. The second-order valence-electron chi connectivity index (χ2n) is 4.83. The Balaban J connectivity index is 2.45. The van der Waals surface area contributed by atoms with Crippen LogP contribution in [0, 0.1) is 0 Å². The van der Waals surface area contributed by atoms with Crippen LogP contribution in [-0.4, -0.2) is 46.5 Å². The van der Waals surface area contributed by atoms with E-state index in [1.165, 1.54) is 6.33 Å². The summed E-state index contributed by atoms with van der Waals surface area (Å²) in [6, 6.07) is 0. The molecular formula is C11H16ClN5O. The minimum atomic E-state index is -0.697. The SMILES string of the molecule is CN1CCN(c2ncnc(N)c2Cl)C(C)(C)C1=O. The van der Waals surface area contributed by atoms with Gasteiger partial charge < -0.3 is 15.5 Å². The number of nitrogen functional groups attached to an aromatic ring is 1. The average molecular weight is 270 g/mol. The third-order valence-corrected chi connectivity index (χ3v) is 3.62. The van der Waals surface area contributed by atoms with Crippen molar-refractivity contribution in [1.82, 2.24) is 14.9 Å². The molecule has 2 heterocycles. The number of carbonyl (C=O) groups excluding carboxylic acids is 1. The van der Waals surface area contributed by atoms with Crippen LogP contribution in [0.3, 0.4) is 0 Å². The van der Waals surface area contributed by atoms with Gasteiger partial charge in [0.25, 0.3) is 0 Å². The molecule has 7 heteroatoms. The highest BCUT2D eigenvalue weighted by Crippen LogP contribution is 2.33. The highest BCUT2D eigenvalue weighted by Gasteiger charge is 2.42. The van der Waals surface area contributed by atoms with Crippen LogP contribution in [0.15, 0.2) is 6.33 Å². The minimum absolute atomic E-state index is 0.0296. The number of aromatic nitrogens is 2. The fourth-order valence-corrected chi connectivity index (χ4v) is 2.35. The number of anilines is 2. The smallest absolute Gasteiger partial charge is 0.247 e. The second-order valence-corrected chi connectivity index (χ2v) is 5.21. The summed E-state index contributed by atoms with van der Waals surface area (Å²) in [5.74, 6) is 0.765. The van der Waals surface area contributed by atoms with E-state index in [0.717, 1.165) is 0 Å². The first-order chi connectivity index (χ1) is 8.35. The molecule has 1 aromatic heterocycles. The van der Waals surface area contributed by atoms with E-state index < -0.39 is 5.54 Å². The van der Waals surface area contributed by atoms with Crippen LogP contribution < -0.4 is 10.6 Å². The van der Waals surface area contributed by atoms with Crippen molar-refractivity contribution in [3.63, 3.8) is 0 Å². The molecule has 18 heavy (non-hydrogen) atoms. The van der Waals surface area contributed by atoms with Crippen molar-refractivity contribution < 1.29 is 4.79 Å². The molecule has 0 unspecified atom stereocenters. The fourth-order valence-electron chi connectivity index (χ4n) is 2.15. The van der Waals surface area contributed by atoms with Crippen molar-refractivity contribution in [2.75, 3.05) is 30.8 Å². The van der Waals surface area contributed by atoms with Gasteiger partial charge in [-0.3, -0.25) is 4.79 Å². The molecule has 0 aliphatic carbocycles. The average Bonchev–Trinajstić information content (AvgIpc) is 2.31. The zero-order valence-electron chi connectivity index (χ0n) is 10.6. The number of nitrogens with two attached hydrogens (primary N) is 1. The Labute approximate surface area is 111 Å². The van der Waals surface area contributed by atoms with Crippen LogP contribution in [0.5, 0.6) is 0 Å². The van der Waals surface area contributed by atoms with E-state index >= 15 is 0 Å². The van der Waals surface area contributed by atoms with Gasteiger partial charge in [0, 0.05) is 20.1 Å². The monoisotopic (exact) mass is 269 g/mol. The van der Waals surface area contributed by atoms with Gasteiger partial charge in [-0.15, -0.1) is 0 Å². The lowest BCUT2D eigenvalue weighted by molar-refractivity contribution is -0.136. The number of amides is 1. The van der Waals surface area contributed by atoms with Gasteiger partial charge in [-0.1, -0.05) is 11.6 Å². The predicted molar refractivity (Wildman–Crippen MR) is 70.5 cm³/mol. The van der Waals surface area contributed by atoms with Crippen LogP contribution >= 0.6 is 11.6 Å². The summed E-state index contributed by atoms with van der Waals surface area (Å²) in [7, 11) is 1.79. The van der Waals surface area contributed by atoms with E-state index in [2.05, 4.69) is 9.97 Å². The van der Waals surface area contributed by atoms with Gasteiger partial charge in [0.2, 0.25) is 5.91 Å². The fraction of sp³-hybridized carbons (Fsp3) is 0.545. The van der Waals surface area contributed by atoms with E-state index in [0.29, 0.717) is 23.9 Å². The first kappa shape index (κ1) is 12.9. The first-order valence-corrected chi connectivity index (χ1v) is 6.02. The largest absolute Gasteiger partial charge is 0.382 e. The lowest BCUT2D eigenvalue weighted by Gasteiger charge is -2.45. The predicted octanol–water partition coefficient (Wildman–Crippen LogP) is 0.769. The molecule has 1 aliphatic rings. The van der Waals surface area contributed by atoms with E-state index in [1.807, 2.05) is 18.7 Å². The number of likely N-dealkylation sites (N-methyl/N-ethyl adjacent to an activating group) is 1. The molecule has 0 radical (unpaired) electrons. The standard InChI is InChI=1S/C11H16ClN5O/c1-11(2)10(18)16(3)4-5-17(11)9-7(12)8(13)14-6-15-9/h6H,4-5H2,1-3H3,(H2,13,14,15). The zero-order chi connectivity index (χ0) is 13.5. The third-order valence-electron chi connectivity index (χ3n) is 3.26. The van der Waals surface area contributed by atoms with E-state index in [-0.39, 0.29) is 11.7 Å². The number of rotatable bonds is 1. The van der Waals surface area contributed by atoms with Gasteiger partial charge in [-0.2, -0.15) is 0 Å². The maximum absolute atomic E-state index is 12.2. The van der Waals surface area contributed by atoms with Gasteiger partial charge in [0.05, 0.1) is 0 Å². The molecule has 0 bridgehead atoms. The van der Waals surface area contributed by atoms with Crippen molar-refractivity contribution in [1.29, 1.82) is 0 Å². The molecule has 0 spiro atoms. The summed E-state index contributed by atoms with van der Waals surface area (Å²) in [6.45, 7) is 4.98. The number of piperazine rings is 1. The Bertz CT molecular complexity index is 490. The molecule has 1 fully saturated rings. The van der Waals surface area contributed by atoms with E-state index in [1.54, 1.807) is 11.9 Å². The quantitative estimate of drug-likeness (QED) is 0.815. The number of halogens is 1.